The average Bonchev–Trinajstić information content (AvgIpc) is 3.20. The van der Waals surface area contributed by atoms with E-state index in [2.05, 4.69) is 15.6 Å². The van der Waals surface area contributed by atoms with Crippen LogP contribution in [0.3, 0.4) is 0 Å². The predicted octanol–water partition coefficient (Wildman–Crippen LogP) is 4.09. The number of ether oxygens (including phenoxy) is 2. The minimum Gasteiger partial charge on any atom is -0.497 e. The third kappa shape index (κ3) is 5.08. The second-order valence-corrected chi connectivity index (χ2v) is 8.50. The van der Waals surface area contributed by atoms with Crippen LogP contribution in [0.2, 0.25) is 0 Å². The standard InChI is InChI=1S/C24H25N3O4S/c1-30-17-7-4-8-18(14-17)31-13-12-26-23(29)21-19-9-2-3-10-20(19)32-24(21)27-22(28)16-6-5-11-25-15-16/h4-8,11,14-15H,2-3,9-10,12-13H2,1H3,(H,26,29)(H,27,28). The van der Waals surface area contributed by atoms with Gasteiger partial charge in [0, 0.05) is 23.3 Å². The van der Waals surface area contributed by atoms with Gasteiger partial charge >= 0.3 is 0 Å². The molecule has 2 aromatic heterocycles. The summed E-state index contributed by atoms with van der Waals surface area (Å²) in [7, 11) is 1.60. The molecular weight excluding hydrogens is 426 g/mol. The molecule has 0 aliphatic heterocycles. The van der Waals surface area contributed by atoms with Gasteiger partial charge in [-0.15, -0.1) is 11.3 Å². The van der Waals surface area contributed by atoms with Crippen LogP contribution in [0.4, 0.5) is 5.00 Å². The number of rotatable bonds is 8. The Morgan fingerprint density at radius 2 is 1.94 bits per heavy atom. The van der Waals surface area contributed by atoms with Crippen LogP contribution in [-0.4, -0.2) is 37.1 Å². The number of nitrogens with one attached hydrogen (secondary N) is 2. The highest BCUT2D eigenvalue weighted by Gasteiger charge is 2.26. The van der Waals surface area contributed by atoms with Crippen LogP contribution >= 0.6 is 11.3 Å². The summed E-state index contributed by atoms with van der Waals surface area (Å²) in [6.45, 7) is 0.666. The van der Waals surface area contributed by atoms with E-state index < -0.39 is 0 Å². The van der Waals surface area contributed by atoms with E-state index in [1.807, 2.05) is 18.2 Å². The normalized spacial score (nSPS) is 12.5. The molecule has 4 rings (SSSR count). The number of aromatic nitrogens is 1. The second-order valence-electron chi connectivity index (χ2n) is 7.39. The molecule has 1 aromatic carbocycles. The number of hydrogen-bond acceptors (Lipinski definition) is 6. The molecule has 0 spiro atoms. The van der Waals surface area contributed by atoms with Gasteiger partial charge in [0.1, 0.15) is 23.1 Å². The maximum atomic E-state index is 13.1. The smallest absolute Gasteiger partial charge is 0.257 e. The van der Waals surface area contributed by atoms with Crippen LogP contribution in [-0.2, 0) is 12.8 Å². The fourth-order valence-corrected chi connectivity index (χ4v) is 4.96. The molecule has 1 aliphatic rings. The lowest BCUT2D eigenvalue weighted by Gasteiger charge is -2.14. The fourth-order valence-electron chi connectivity index (χ4n) is 3.68. The topological polar surface area (TPSA) is 89.5 Å². The van der Waals surface area contributed by atoms with Crippen LogP contribution in [0.15, 0.2) is 48.8 Å². The highest BCUT2D eigenvalue weighted by Crippen LogP contribution is 2.38. The third-order valence-electron chi connectivity index (χ3n) is 5.25. The molecule has 2 N–H and O–H groups in total. The Morgan fingerprint density at radius 1 is 1.09 bits per heavy atom. The number of thiophene rings is 1. The van der Waals surface area contributed by atoms with Crippen molar-refractivity contribution in [3.05, 3.63) is 70.4 Å². The van der Waals surface area contributed by atoms with Gasteiger partial charge in [0.25, 0.3) is 11.8 Å². The van der Waals surface area contributed by atoms with Gasteiger partial charge in [-0.05, 0) is 55.5 Å². The first-order valence-electron chi connectivity index (χ1n) is 10.6. The lowest BCUT2D eigenvalue weighted by molar-refractivity contribution is 0.0947. The fraction of sp³-hybridized carbons (Fsp3) is 0.292. The van der Waals surface area contributed by atoms with Gasteiger partial charge in [0.15, 0.2) is 0 Å². The molecule has 32 heavy (non-hydrogen) atoms. The van der Waals surface area contributed by atoms with Gasteiger partial charge < -0.3 is 20.1 Å². The van der Waals surface area contributed by atoms with Crippen molar-refractivity contribution in [2.24, 2.45) is 0 Å². The summed E-state index contributed by atoms with van der Waals surface area (Å²) in [6.07, 6.45) is 7.04. The first-order valence-corrected chi connectivity index (χ1v) is 11.4. The minimum absolute atomic E-state index is 0.194. The minimum atomic E-state index is -0.271. The van der Waals surface area contributed by atoms with Crippen LogP contribution < -0.4 is 20.1 Å². The lowest BCUT2D eigenvalue weighted by Crippen LogP contribution is -2.29. The zero-order chi connectivity index (χ0) is 22.3. The number of methoxy groups -OCH3 is 1. The third-order valence-corrected chi connectivity index (χ3v) is 6.45. The molecule has 2 heterocycles. The summed E-state index contributed by atoms with van der Waals surface area (Å²) in [5.41, 5.74) is 2.08. The molecular formula is C24H25N3O4S. The first-order chi connectivity index (χ1) is 15.7. The molecule has 3 aromatic rings. The van der Waals surface area contributed by atoms with E-state index in [1.54, 1.807) is 31.5 Å². The Balaban J connectivity index is 1.43. The summed E-state index contributed by atoms with van der Waals surface area (Å²) in [5, 5.41) is 6.46. The molecule has 8 heteroatoms. The molecule has 0 saturated heterocycles. The van der Waals surface area contributed by atoms with Gasteiger partial charge in [-0.2, -0.15) is 0 Å². The van der Waals surface area contributed by atoms with E-state index in [-0.39, 0.29) is 11.8 Å². The SMILES string of the molecule is COc1cccc(OCCNC(=O)c2c(NC(=O)c3cccnc3)sc3c2CCCC3)c1. The Bertz CT molecular complexity index is 1100. The molecule has 0 saturated carbocycles. The monoisotopic (exact) mass is 451 g/mol. The predicted molar refractivity (Wildman–Crippen MR) is 124 cm³/mol. The Kier molecular flexibility index (Phi) is 7.01. The second kappa shape index (κ2) is 10.3. The van der Waals surface area contributed by atoms with E-state index >= 15 is 0 Å². The lowest BCUT2D eigenvalue weighted by atomic mass is 9.95. The molecule has 0 fully saturated rings. The van der Waals surface area contributed by atoms with Gasteiger partial charge in [-0.25, -0.2) is 0 Å². The van der Waals surface area contributed by atoms with Crippen LogP contribution in [0, 0.1) is 0 Å². The van der Waals surface area contributed by atoms with Crippen molar-refractivity contribution in [3.8, 4) is 11.5 Å². The summed E-state index contributed by atoms with van der Waals surface area (Å²) in [5.74, 6) is 0.925. The molecule has 0 radical (unpaired) electrons. The van der Waals surface area contributed by atoms with E-state index in [1.165, 1.54) is 22.4 Å². The molecule has 0 bridgehead atoms. The number of hydrogen-bond donors (Lipinski definition) is 2. The van der Waals surface area contributed by atoms with E-state index in [4.69, 9.17) is 9.47 Å². The van der Waals surface area contributed by atoms with Gasteiger partial charge in [-0.1, -0.05) is 6.07 Å². The number of anilines is 1. The van der Waals surface area contributed by atoms with Crippen molar-refractivity contribution < 1.29 is 19.1 Å². The first kappa shape index (κ1) is 21.8. The summed E-state index contributed by atoms with van der Waals surface area (Å²) >= 11 is 1.50. The van der Waals surface area contributed by atoms with E-state index in [9.17, 15) is 9.59 Å². The van der Waals surface area contributed by atoms with Gasteiger partial charge in [0.2, 0.25) is 0 Å². The molecule has 0 unspecified atom stereocenters. The average molecular weight is 452 g/mol. The number of pyridine rings is 1. The Hall–Kier alpha value is -3.39. The van der Waals surface area contributed by atoms with Crippen LogP contribution in [0.1, 0.15) is 44.0 Å². The highest BCUT2D eigenvalue weighted by molar-refractivity contribution is 7.17. The molecule has 1 aliphatic carbocycles. The molecule has 166 valence electrons. The highest BCUT2D eigenvalue weighted by atomic mass is 32.1. The molecule has 0 atom stereocenters. The zero-order valence-electron chi connectivity index (χ0n) is 17.8. The number of aryl methyl sites for hydroxylation is 1. The van der Waals surface area contributed by atoms with E-state index in [0.29, 0.717) is 40.8 Å². The Morgan fingerprint density at radius 3 is 2.75 bits per heavy atom. The van der Waals surface area contributed by atoms with Crippen molar-refractivity contribution in [2.45, 2.75) is 25.7 Å². The van der Waals surface area contributed by atoms with E-state index in [0.717, 1.165) is 31.2 Å². The number of benzene rings is 1. The quantitative estimate of drug-likeness (QED) is 0.504. The maximum absolute atomic E-state index is 13.1. The van der Waals surface area contributed by atoms with Crippen LogP contribution in [0.5, 0.6) is 11.5 Å². The van der Waals surface area contributed by atoms with Gasteiger partial charge in [-0.3, -0.25) is 14.6 Å². The maximum Gasteiger partial charge on any atom is 0.257 e. The summed E-state index contributed by atoms with van der Waals surface area (Å²) < 4.78 is 10.9. The number of fused-ring (bicyclic) bond motifs is 1. The summed E-state index contributed by atoms with van der Waals surface area (Å²) in [6, 6.07) is 10.7. The number of carbonyl (C=O) groups excluding carboxylic acids is 2. The molecule has 7 nitrogen and oxygen atoms in total. The number of nitrogens with zero attached hydrogens (tertiary/aromatic N) is 1. The number of carbonyl (C=O) groups is 2. The van der Waals surface area contributed by atoms with Crippen molar-refractivity contribution in [3.63, 3.8) is 0 Å². The van der Waals surface area contributed by atoms with Crippen molar-refractivity contribution in [1.29, 1.82) is 0 Å². The van der Waals surface area contributed by atoms with Crippen molar-refractivity contribution in [1.82, 2.24) is 10.3 Å². The largest absolute Gasteiger partial charge is 0.497 e. The Labute approximate surface area is 190 Å². The van der Waals surface area contributed by atoms with Crippen molar-refractivity contribution in [2.75, 3.05) is 25.6 Å². The van der Waals surface area contributed by atoms with Crippen molar-refractivity contribution >= 4 is 28.2 Å². The number of amides is 2. The summed E-state index contributed by atoms with van der Waals surface area (Å²) in [4.78, 5) is 30.9. The molecule has 2 amide bonds. The zero-order valence-corrected chi connectivity index (χ0v) is 18.7. The van der Waals surface area contributed by atoms with Gasteiger partial charge in [0.05, 0.1) is 24.8 Å². The van der Waals surface area contributed by atoms with Crippen LogP contribution in [0.25, 0.3) is 0 Å².